The van der Waals surface area contributed by atoms with E-state index in [0.717, 1.165) is 24.3 Å². The second-order valence-corrected chi connectivity index (χ2v) is 12.4. The Morgan fingerprint density at radius 2 is 1.92 bits per heavy atom. The van der Waals surface area contributed by atoms with Crippen molar-refractivity contribution in [3.63, 3.8) is 0 Å². The molecule has 0 aliphatic carbocycles. The zero-order valence-electron chi connectivity index (χ0n) is 27.0. The fourth-order valence-corrected chi connectivity index (χ4v) is 6.90. The van der Waals surface area contributed by atoms with Crippen LogP contribution in [0.1, 0.15) is 43.6 Å². The summed E-state index contributed by atoms with van der Waals surface area (Å²) in [6.45, 7) is 11.4. The number of rotatable bonds is 5. The molecular weight excluding hydrogens is 632 g/mol. The van der Waals surface area contributed by atoms with Gasteiger partial charge in [0, 0.05) is 41.8 Å². The van der Waals surface area contributed by atoms with E-state index in [4.69, 9.17) is 9.47 Å². The molecule has 0 bridgehead atoms. The number of methoxy groups -OCH3 is 1. The average molecular weight is 667 g/mol. The highest BCUT2D eigenvalue weighted by molar-refractivity contribution is 6.10. The van der Waals surface area contributed by atoms with Crippen molar-refractivity contribution in [2.45, 2.75) is 51.9 Å². The van der Waals surface area contributed by atoms with E-state index in [1.165, 1.54) is 13.2 Å². The van der Waals surface area contributed by atoms with Gasteiger partial charge in [-0.05, 0) is 55.7 Å². The molecule has 13 heteroatoms. The van der Waals surface area contributed by atoms with Crippen molar-refractivity contribution in [2.24, 2.45) is 0 Å². The highest BCUT2D eigenvalue weighted by Gasteiger charge is 2.44. The largest absolute Gasteiger partial charge is 0.506 e. The van der Waals surface area contributed by atoms with E-state index in [-0.39, 0.29) is 75.7 Å². The predicted octanol–water partition coefficient (Wildman–Crippen LogP) is 6.34. The standard InChI is InChI=1S/C35H34F4N4O5/c1-7-25(45)41-15-20-16-48-33-30(42(20)14-19(41)5)21-13-24(35(37,38)39)43(31-22(36)9-8-10-23(31)44)34(46)27(21)28(32(33)47-6)26-18(4)11-12-40-29(26)17(2)3/h7-13,17,19-20,44H,1,14-16H2,2-6H3. The van der Waals surface area contributed by atoms with Crippen LogP contribution in [0.3, 0.4) is 0 Å². The van der Waals surface area contributed by atoms with E-state index in [9.17, 15) is 14.7 Å². The van der Waals surface area contributed by atoms with Gasteiger partial charge in [-0.15, -0.1) is 0 Å². The van der Waals surface area contributed by atoms with Crippen molar-refractivity contribution in [3.8, 4) is 34.1 Å². The number of phenolic OH excluding ortho intramolecular Hbond substituents is 1. The number of phenols is 1. The summed E-state index contributed by atoms with van der Waals surface area (Å²) in [5.74, 6) is -2.35. The van der Waals surface area contributed by atoms with Crippen molar-refractivity contribution >= 4 is 22.4 Å². The lowest BCUT2D eigenvalue weighted by molar-refractivity contribution is -0.142. The summed E-state index contributed by atoms with van der Waals surface area (Å²) in [5.41, 5.74) is -1.69. The van der Waals surface area contributed by atoms with Crippen molar-refractivity contribution in [1.29, 1.82) is 0 Å². The van der Waals surface area contributed by atoms with Gasteiger partial charge in [0.05, 0.1) is 29.9 Å². The number of anilines is 1. The molecule has 2 aromatic heterocycles. The monoisotopic (exact) mass is 666 g/mol. The Morgan fingerprint density at radius 3 is 2.54 bits per heavy atom. The molecule has 2 unspecified atom stereocenters. The SMILES string of the molecule is C=CC(=O)N1CC2COc3c(OC)c(-c4c(C)ccnc4C(C)C)c4c(=O)n(-c5c(O)cccc5F)c(C(F)(F)F)cc4c3N2CC1C. The molecular formula is C35H34F4N4O5. The first-order valence-corrected chi connectivity index (χ1v) is 15.4. The van der Waals surface area contributed by atoms with Gasteiger partial charge in [-0.1, -0.05) is 26.5 Å². The molecule has 1 amide bonds. The zero-order chi connectivity index (χ0) is 34.8. The molecule has 4 heterocycles. The number of carbonyl (C=O) groups is 1. The highest BCUT2D eigenvalue weighted by Crippen LogP contribution is 2.55. The number of pyridine rings is 2. The van der Waals surface area contributed by atoms with Crippen LogP contribution in [-0.2, 0) is 11.0 Å². The van der Waals surface area contributed by atoms with Gasteiger partial charge in [0.25, 0.3) is 5.56 Å². The molecule has 1 saturated heterocycles. The molecule has 1 N–H and O–H groups in total. The van der Waals surface area contributed by atoms with Gasteiger partial charge in [0.2, 0.25) is 5.91 Å². The van der Waals surface area contributed by atoms with Gasteiger partial charge in [0.15, 0.2) is 17.3 Å². The third kappa shape index (κ3) is 5.03. The average Bonchev–Trinajstić information content (AvgIpc) is 3.03. The molecule has 252 valence electrons. The number of ether oxygens (including phenoxy) is 2. The van der Waals surface area contributed by atoms with Gasteiger partial charge in [-0.2, -0.15) is 13.2 Å². The number of aromatic hydroxyl groups is 1. The lowest BCUT2D eigenvalue weighted by atomic mass is 9.88. The second-order valence-electron chi connectivity index (χ2n) is 12.4. The first-order chi connectivity index (χ1) is 22.7. The number of benzene rings is 2. The Labute approximate surface area is 273 Å². The van der Waals surface area contributed by atoms with E-state index in [1.54, 1.807) is 24.1 Å². The first-order valence-electron chi connectivity index (χ1n) is 15.4. The van der Waals surface area contributed by atoms with Crippen molar-refractivity contribution in [2.75, 3.05) is 31.7 Å². The molecule has 0 spiro atoms. The number of alkyl halides is 3. The summed E-state index contributed by atoms with van der Waals surface area (Å²) in [6, 6.07) is 4.64. The topological polar surface area (TPSA) is 97.1 Å². The van der Waals surface area contributed by atoms with Crippen LogP contribution >= 0.6 is 0 Å². The number of halogens is 4. The number of fused-ring (bicyclic) bond motifs is 5. The van der Waals surface area contributed by atoms with Gasteiger partial charge in [0.1, 0.15) is 23.7 Å². The van der Waals surface area contributed by atoms with E-state index < -0.39 is 40.7 Å². The van der Waals surface area contributed by atoms with Crippen LogP contribution in [0.2, 0.25) is 0 Å². The third-order valence-corrected chi connectivity index (χ3v) is 9.04. The number of nitrogens with zero attached hydrogens (tertiary/aromatic N) is 4. The van der Waals surface area contributed by atoms with Crippen LogP contribution < -0.4 is 19.9 Å². The van der Waals surface area contributed by atoms with Crippen molar-refractivity contribution < 1.29 is 36.9 Å². The summed E-state index contributed by atoms with van der Waals surface area (Å²) >= 11 is 0. The summed E-state index contributed by atoms with van der Waals surface area (Å²) in [7, 11) is 1.37. The van der Waals surface area contributed by atoms with Gasteiger partial charge < -0.3 is 24.4 Å². The summed E-state index contributed by atoms with van der Waals surface area (Å²) < 4.78 is 72.9. The van der Waals surface area contributed by atoms with E-state index in [2.05, 4.69) is 11.6 Å². The number of amides is 1. The van der Waals surface area contributed by atoms with Crippen LogP contribution in [0.5, 0.6) is 17.2 Å². The number of aryl methyl sites for hydroxylation is 1. The minimum absolute atomic E-state index is 0.0668. The van der Waals surface area contributed by atoms with Crippen molar-refractivity contribution in [1.82, 2.24) is 14.5 Å². The Bertz CT molecular complexity index is 2020. The van der Waals surface area contributed by atoms with Gasteiger partial charge >= 0.3 is 6.18 Å². The minimum atomic E-state index is -5.17. The van der Waals surface area contributed by atoms with Gasteiger partial charge in [-0.3, -0.25) is 19.1 Å². The van der Waals surface area contributed by atoms with E-state index in [0.29, 0.717) is 16.8 Å². The Kier molecular flexibility index (Phi) is 8.12. The molecule has 2 aliphatic rings. The summed E-state index contributed by atoms with van der Waals surface area (Å²) in [5, 5.41) is 10.4. The number of aromatic nitrogens is 2. The lowest BCUT2D eigenvalue weighted by Gasteiger charge is -2.49. The highest BCUT2D eigenvalue weighted by atomic mass is 19.4. The zero-order valence-corrected chi connectivity index (χ0v) is 27.0. The molecule has 0 radical (unpaired) electrons. The quantitative estimate of drug-likeness (QED) is 0.196. The summed E-state index contributed by atoms with van der Waals surface area (Å²) in [4.78, 5) is 35.5. The van der Waals surface area contributed by atoms with Crippen LogP contribution in [0.25, 0.3) is 27.6 Å². The Hall–Kier alpha value is -5.07. The molecule has 0 saturated carbocycles. The van der Waals surface area contributed by atoms with E-state index >= 15 is 17.6 Å². The van der Waals surface area contributed by atoms with Gasteiger partial charge in [-0.25, -0.2) is 4.39 Å². The lowest BCUT2D eigenvalue weighted by Crippen LogP contribution is -2.61. The first kappa shape index (κ1) is 32.9. The van der Waals surface area contributed by atoms with Crippen LogP contribution in [0.15, 0.2) is 54.0 Å². The van der Waals surface area contributed by atoms with Crippen molar-refractivity contribution in [3.05, 3.63) is 82.3 Å². The van der Waals surface area contributed by atoms with Crippen LogP contribution in [0.4, 0.5) is 23.2 Å². The smallest absolute Gasteiger partial charge is 0.431 e. The predicted molar refractivity (Wildman–Crippen MR) is 173 cm³/mol. The Balaban J connectivity index is 1.84. The minimum Gasteiger partial charge on any atom is -0.506 e. The number of para-hydroxylation sites is 1. The van der Waals surface area contributed by atoms with E-state index in [1.807, 2.05) is 25.7 Å². The Morgan fingerprint density at radius 1 is 1.19 bits per heavy atom. The molecule has 2 atom stereocenters. The molecule has 48 heavy (non-hydrogen) atoms. The fourth-order valence-electron chi connectivity index (χ4n) is 6.90. The molecule has 4 aromatic rings. The molecule has 6 rings (SSSR count). The number of hydrogen-bond acceptors (Lipinski definition) is 7. The molecule has 9 nitrogen and oxygen atoms in total. The number of hydrogen-bond donors (Lipinski definition) is 1. The third-order valence-electron chi connectivity index (χ3n) is 9.04. The maximum atomic E-state index is 15.4. The molecule has 2 aromatic carbocycles. The number of piperazine rings is 1. The van der Waals surface area contributed by atoms with Crippen LogP contribution in [0, 0.1) is 12.7 Å². The molecule has 2 aliphatic heterocycles. The maximum Gasteiger partial charge on any atom is 0.431 e. The number of carbonyl (C=O) groups excluding carboxylic acids is 1. The fraction of sp³-hybridized carbons (Fsp3) is 0.343. The summed E-state index contributed by atoms with van der Waals surface area (Å²) in [6.07, 6.45) is -2.36. The second kappa shape index (κ2) is 11.9. The maximum absolute atomic E-state index is 15.4. The van der Waals surface area contributed by atoms with Crippen LogP contribution in [-0.4, -0.2) is 64.4 Å². The molecule has 1 fully saturated rings. The normalized spacial score (nSPS) is 17.6.